The van der Waals surface area contributed by atoms with Gasteiger partial charge in [0.2, 0.25) is 5.95 Å². The van der Waals surface area contributed by atoms with Gasteiger partial charge in [-0.25, -0.2) is 9.78 Å². The maximum absolute atomic E-state index is 12.6. The number of hydrogen-bond acceptors (Lipinski definition) is 4. The number of carbonyl (C=O) groups is 1. The van der Waals surface area contributed by atoms with Crippen molar-refractivity contribution in [2.45, 2.75) is 6.42 Å². The van der Waals surface area contributed by atoms with E-state index in [0.717, 1.165) is 6.07 Å². The van der Waals surface area contributed by atoms with Gasteiger partial charge in [-0.2, -0.15) is 4.39 Å². The van der Waals surface area contributed by atoms with Crippen molar-refractivity contribution >= 4 is 5.97 Å². The number of pyridine rings is 1. The fraction of sp³-hybridized carbons (Fsp3) is 0.400. The van der Waals surface area contributed by atoms with Gasteiger partial charge >= 0.3 is 5.97 Å². The van der Waals surface area contributed by atoms with E-state index in [-0.39, 0.29) is 12.2 Å². The summed E-state index contributed by atoms with van der Waals surface area (Å²) in [6.45, 7) is 0.786. The highest BCUT2D eigenvalue weighted by molar-refractivity contribution is 5.89. The molecule has 0 aliphatic heterocycles. The molecule has 15 heavy (non-hydrogen) atoms. The molecule has 0 aliphatic rings. The van der Waals surface area contributed by atoms with Crippen molar-refractivity contribution in [1.29, 1.82) is 0 Å². The van der Waals surface area contributed by atoms with Crippen molar-refractivity contribution in [3.05, 3.63) is 29.8 Å². The topological polar surface area (TPSA) is 48.4 Å². The van der Waals surface area contributed by atoms with Gasteiger partial charge in [-0.3, -0.25) is 0 Å². The standard InChI is InChI=1S/C10H12FNO3/c1-14-5-2-6-15-10(13)8-3-4-12-9(11)7-8/h3-4,7H,2,5-6H2,1H3. The summed E-state index contributed by atoms with van der Waals surface area (Å²) < 4.78 is 22.3. The Balaban J connectivity index is 2.40. The van der Waals surface area contributed by atoms with Crippen LogP contribution in [0.5, 0.6) is 0 Å². The summed E-state index contributed by atoms with van der Waals surface area (Å²) >= 11 is 0. The lowest BCUT2D eigenvalue weighted by Gasteiger charge is -2.03. The Kier molecular flexibility index (Phi) is 4.70. The van der Waals surface area contributed by atoms with Crippen molar-refractivity contribution in [1.82, 2.24) is 4.98 Å². The highest BCUT2D eigenvalue weighted by atomic mass is 19.1. The van der Waals surface area contributed by atoms with Gasteiger partial charge in [-0.05, 0) is 6.07 Å². The third-order valence-electron chi connectivity index (χ3n) is 1.69. The van der Waals surface area contributed by atoms with E-state index in [1.165, 1.54) is 12.3 Å². The smallest absolute Gasteiger partial charge is 0.338 e. The molecule has 0 atom stereocenters. The Hall–Kier alpha value is -1.49. The van der Waals surface area contributed by atoms with Crippen LogP contribution in [0, 0.1) is 5.95 Å². The average Bonchev–Trinajstić information content (AvgIpc) is 2.24. The second-order valence-electron chi connectivity index (χ2n) is 2.85. The van der Waals surface area contributed by atoms with E-state index in [1.807, 2.05) is 0 Å². The Morgan fingerprint density at radius 1 is 1.53 bits per heavy atom. The maximum atomic E-state index is 12.6. The van der Waals surface area contributed by atoms with E-state index in [9.17, 15) is 9.18 Å². The van der Waals surface area contributed by atoms with Gasteiger partial charge in [0.15, 0.2) is 0 Å². The van der Waals surface area contributed by atoms with E-state index in [4.69, 9.17) is 9.47 Å². The molecule has 1 aromatic rings. The summed E-state index contributed by atoms with van der Waals surface area (Å²) in [5.74, 6) is -1.24. The number of esters is 1. The van der Waals surface area contributed by atoms with Crippen LogP contribution < -0.4 is 0 Å². The summed E-state index contributed by atoms with van der Waals surface area (Å²) in [5, 5.41) is 0. The third-order valence-corrected chi connectivity index (χ3v) is 1.69. The van der Waals surface area contributed by atoms with Crippen LogP contribution in [-0.4, -0.2) is 31.3 Å². The Bertz CT molecular complexity index is 330. The van der Waals surface area contributed by atoms with Crippen LogP contribution in [0.2, 0.25) is 0 Å². The van der Waals surface area contributed by atoms with Crippen LogP contribution in [-0.2, 0) is 9.47 Å². The summed E-state index contributed by atoms with van der Waals surface area (Å²) in [4.78, 5) is 14.6. The molecule has 4 nitrogen and oxygen atoms in total. The fourth-order valence-electron chi connectivity index (χ4n) is 0.981. The Morgan fingerprint density at radius 2 is 2.33 bits per heavy atom. The molecule has 1 aromatic heterocycles. The molecule has 0 bridgehead atoms. The molecule has 82 valence electrons. The number of ether oxygens (including phenoxy) is 2. The number of aromatic nitrogens is 1. The molecule has 0 amide bonds. The average molecular weight is 213 g/mol. The summed E-state index contributed by atoms with van der Waals surface area (Å²) in [7, 11) is 1.57. The normalized spacial score (nSPS) is 10.0. The molecule has 0 fully saturated rings. The molecule has 0 aromatic carbocycles. The quantitative estimate of drug-likeness (QED) is 0.421. The zero-order chi connectivity index (χ0) is 11.1. The van der Waals surface area contributed by atoms with Gasteiger partial charge in [0.1, 0.15) is 0 Å². The van der Waals surface area contributed by atoms with E-state index < -0.39 is 11.9 Å². The minimum Gasteiger partial charge on any atom is -0.462 e. The van der Waals surface area contributed by atoms with Crippen molar-refractivity contribution < 1.29 is 18.7 Å². The van der Waals surface area contributed by atoms with Gasteiger partial charge in [-0.15, -0.1) is 0 Å². The summed E-state index contributed by atoms with van der Waals surface area (Å²) in [6, 6.07) is 2.44. The van der Waals surface area contributed by atoms with Crippen LogP contribution in [0.3, 0.4) is 0 Å². The monoisotopic (exact) mass is 213 g/mol. The van der Waals surface area contributed by atoms with Crippen LogP contribution in [0.25, 0.3) is 0 Å². The first-order valence-electron chi connectivity index (χ1n) is 4.51. The van der Waals surface area contributed by atoms with E-state index in [2.05, 4.69) is 4.98 Å². The SMILES string of the molecule is COCCCOC(=O)c1ccnc(F)c1. The zero-order valence-corrected chi connectivity index (χ0v) is 8.40. The van der Waals surface area contributed by atoms with Crippen LogP contribution >= 0.6 is 0 Å². The van der Waals surface area contributed by atoms with Gasteiger partial charge in [-0.1, -0.05) is 0 Å². The van der Waals surface area contributed by atoms with Gasteiger partial charge in [0, 0.05) is 32.4 Å². The van der Waals surface area contributed by atoms with E-state index in [0.29, 0.717) is 13.0 Å². The van der Waals surface area contributed by atoms with Crippen molar-refractivity contribution in [2.75, 3.05) is 20.3 Å². The van der Waals surface area contributed by atoms with Gasteiger partial charge in [0.25, 0.3) is 0 Å². The highest BCUT2D eigenvalue weighted by Crippen LogP contribution is 2.02. The largest absolute Gasteiger partial charge is 0.462 e. The first kappa shape index (κ1) is 11.6. The molecule has 0 saturated heterocycles. The Labute approximate surface area is 87.0 Å². The fourth-order valence-corrected chi connectivity index (χ4v) is 0.981. The molecule has 0 saturated carbocycles. The second kappa shape index (κ2) is 6.08. The molecular weight excluding hydrogens is 201 g/mol. The number of rotatable bonds is 5. The molecule has 0 N–H and O–H groups in total. The van der Waals surface area contributed by atoms with Crippen molar-refractivity contribution in [3.8, 4) is 0 Å². The minimum absolute atomic E-state index is 0.167. The first-order valence-corrected chi connectivity index (χ1v) is 4.51. The molecule has 1 heterocycles. The molecule has 1 rings (SSSR count). The predicted octanol–water partition coefficient (Wildman–Crippen LogP) is 1.41. The third kappa shape index (κ3) is 4.03. The predicted molar refractivity (Wildman–Crippen MR) is 51.0 cm³/mol. The van der Waals surface area contributed by atoms with Crippen LogP contribution in [0.15, 0.2) is 18.3 Å². The summed E-state index contributed by atoms with van der Waals surface area (Å²) in [5.41, 5.74) is 0.167. The number of nitrogens with zero attached hydrogens (tertiary/aromatic N) is 1. The molecule has 0 spiro atoms. The molecule has 0 unspecified atom stereocenters. The van der Waals surface area contributed by atoms with Gasteiger partial charge < -0.3 is 9.47 Å². The van der Waals surface area contributed by atoms with Crippen molar-refractivity contribution in [2.24, 2.45) is 0 Å². The second-order valence-corrected chi connectivity index (χ2v) is 2.85. The van der Waals surface area contributed by atoms with E-state index in [1.54, 1.807) is 7.11 Å². The Morgan fingerprint density at radius 3 is 3.00 bits per heavy atom. The minimum atomic E-state index is -0.693. The number of halogens is 1. The van der Waals surface area contributed by atoms with Crippen molar-refractivity contribution in [3.63, 3.8) is 0 Å². The van der Waals surface area contributed by atoms with E-state index >= 15 is 0 Å². The van der Waals surface area contributed by atoms with Gasteiger partial charge in [0.05, 0.1) is 12.2 Å². The lowest BCUT2D eigenvalue weighted by Crippen LogP contribution is -2.08. The first-order chi connectivity index (χ1) is 7.24. The lowest BCUT2D eigenvalue weighted by molar-refractivity contribution is 0.0467. The summed E-state index contributed by atoms with van der Waals surface area (Å²) in [6.07, 6.45) is 1.84. The number of carbonyl (C=O) groups excluding carboxylic acids is 1. The number of hydrogen-bond donors (Lipinski definition) is 0. The number of methoxy groups -OCH3 is 1. The molecular formula is C10H12FNO3. The van der Waals surface area contributed by atoms with Crippen LogP contribution in [0.1, 0.15) is 16.8 Å². The molecule has 0 aliphatic carbocycles. The zero-order valence-electron chi connectivity index (χ0n) is 8.40. The lowest BCUT2D eigenvalue weighted by atomic mass is 10.3. The van der Waals surface area contributed by atoms with Crippen LogP contribution in [0.4, 0.5) is 4.39 Å². The highest BCUT2D eigenvalue weighted by Gasteiger charge is 2.07. The molecule has 5 heteroatoms. The molecule has 0 radical (unpaired) electrons. The maximum Gasteiger partial charge on any atom is 0.338 e.